The monoisotopic (exact) mass is 406 g/mol. The van der Waals surface area contributed by atoms with Crippen LogP contribution >= 0.6 is 0 Å². The first kappa shape index (κ1) is 19.1. The van der Waals surface area contributed by atoms with Crippen molar-refractivity contribution in [2.24, 2.45) is 5.92 Å². The first-order valence-electron chi connectivity index (χ1n) is 10.6. The van der Waals surface area contributed by atoms with Gasteiger partial charge in [-0.05, 0) is 43.4 Å². The summed E-state index contributed by atoms with van der Waals surface area (Å²) >= 11 is 0. The number of amides is 1. The minimum absolute atomic E-state index is 0.0859. The van der Waals surface area contributed by atoms with Crippen LogP contribution in [0, 0.1) is 12.8 Å². The molecule has 30 heavy (non-hydrogen) atoms. The molecule has 7 nitrogen and oxygen atoms in total. The van der Waals surface area contributed by atoms with Gasteiger partial charge in [0.1, 0.15) is 5.76 Å². The number of aryl methyl sites for hydroxylation is 2. The van der Waals surface area contributed by atoms with E-state index >= 15 is 0 Å². The number of furan rings is 1. The Morgan fingerprint density at radius 1 is 1.33 bits per heavy atom. The van der Waals surface area contributed by atoms with Gasteiger partial charge in [-0.15, -0.1) is 0 Å². The van der Waals surface area contributed by atoms with Crippen LogP contribution in [0.4, 0.5) is 0 Å². The third kappa shape index (κ3) is 3.54. The van der Waals surface area contributed by atoms with Crippen LogP contribution in [-0.2, 0) is 24.1 Å². The maximum Gasteiger partial charge on any atom is 0.287 e. The largest absolute Gasteiger partial charge is 0.455 e. The Kier molecular flexibility index (Phi) is 4.90. The van der Waals surface area contributed by atoms with Gasteiger partial charge in [0.05, 0.1) is 24.0 Å². The van der Waals surface area contributed by atoms with Gasteiger partial charge in [0.25, 0.3) is 5.91 Å². The molecule has 4 heterocycles. The molecule has 0 aromatic carbocycles. The fraction of sp³-hybridized carbons (Fsp3) is 0.435. The summed E-state index contributed by atoms with van der Waals surface area (Å²) in [6.45, 7) is 6.00. The molecule has 156 valence electrons. The Labute approximate surface area is 175 Å². The summed E-state index contributed by atoms with van der Waals surface area (Å²) in [5.74, 6) is 1.60. The van der Waals surface area contributed by atoms with Crippen molar-refractivity contribution in [3.05, 3.63) is 58.9 Å². The average molecular weight is 406 g/mol. The predicted molar refractivity (Wildman–Crippen MR) is 111 cm³/mol. The van der Waals surface area contributed by atoms with Gasteiger partial charge in [0.2, 0.25) is 0 Å². The SMILES string of the molecule is Cc1c(C(=O)NCC2CC(C)CO2)oc2c1-c1nn(Cc3ccccn3)cc1CC2. The molecule has 3 aromatic heterocycles. The zero-order valence-corrected chi connectivity index (χ0v) is 17.4. The van der Waals surface area contributed by atoms with Crippen LogP contribution in [0.1, 0.15) is 46.5 Å². The fourth-order valence-electron chi connectivity index (χ4n) is 4.43. The molecule has 1 aliphatic carbocycles. The molecule has 7 heteroatoms. The van der Waals surface area contributed by atoms with Crippen molar-refractivity contribution in [2.45, 2.75) is 45.8 Å². The fourth-order valence-corrected chi connectivity index (χ4v) is 4.43. The summed E-state index contributed by atoms with van der Waals surface area (Å²) in [4.78, 5) is 17.2. The third-order valence-electron chi connectivity index (χ3n) is 5.94. The highest BCUT2D eigenvalue weighted by atomic mass is 16.5. The number of hydrogen-bond acceptors (Lipinski definition) is 5. The second-order valence-electron chi connectivity index (χ2n) is 8.38. The van der Waals surface area contributed by atoms with E-state index in [-0.39, 0.29) is 12.0 Å². The molecule has 0 saturated carbocycles. The van der Waals surface area contributed by atoms with Crippen molar-refractivity contribution in [3.8, 4) is 11.3 Å². The van der Waals surface area contributed by atoms with Crippen LogP contribution < -0.4 is 5.32 Å². The highest BCUT2D eigenvalue weighted by Gasteiger charge is 2.30. The Morgan fingerprint density at radius 3 is 3.00 bits per heavy atom. The van der Waals surface area contributed by atoms with E-state index in [9.17, 15) is 4.79 Å². The van der Waals surface area contributed by atoms with Gasteiger partial charge in [0.15, 0.2) is 5.76 Å². The van der Waals surface area contributed by atoms with E-state index in [4.69, 9.17) is 14.3 Å². The van der Waals surface area contributed by atoms with Gasteiger partial charge in [-0.3, -0.25) is 14.5 Å². The molecule has 5 rings (SSSR count). The Morgan fingerprint density at radius 2 is 2.23 bits per heavy atom. The summed E-state index contributed by atoms with van der Waals surface area (Å²) in [6.07, 6.45) is 6.56. The van der Waals surface area contributed by atoms with Crippen LogP contribution in [0.3, 0.4) is 0 Å². The lowest BCUT2D eigenvalue weighted by Gasteiger charge is -2.10. The van der Waals surface area contributed by atoms with E-state index in [1.54, 1.807) is 6.20 Å². The number of ether oxygens (including phenoxy) is 1. The van der Waals surface area contributed by atoms with Gasteiger partial charge in [-0.1, -0.05) is 13.0 Å². The highest BCUT2D eigenvalue weighted by molar-refractivity contribution is 5.95. The van der Waals surface area contributed by atoms with Gasteiger partial charge in [-0.2, -0.15) is 5.10 Å². The van der Waals surface area contributed by atoms with Gasteiger partial charge >= 0.3 is 0 Å². The van der Waals surface area contributed by atoms with Crippen molar-refractivity contribution < 1.29 is 13.9 Å². The van der Waals surface area contributed by atoms with E-state index in [1.165, 1.54) is 5.56 Å². The smallest absolute Gasteiger partial charge is 0.287 e. The van der Waals surface area contributed by atoms with E-state index in [1.807, 2.05) is 29.8 Å². The van der Waals surface area contributed by atoms with Crippen LogP contribution in [0.25, 0.3) is 11.3 Å². The molecule has 1 saturated heterocycles. The lowest BCUT2D eigenvalue weighted by molar-refractivity contribution is 0.0826. The second-order valence-corrected chi connectivity index (χ2v) is 8.38. The molecule has 0 spiro atoms. The quantitative estimate of drug-likeness (QED) is 0.704. The van der Waals surface area contributed by atoms with E-state index in [2.05, 4.69) is 23.4 Å². The molecule has 1 N–H and O–H groups in total. The number of nitrogens with one attached hydrogen (secondary N) is 1. The van der Waals surface area contributed by atoms with Crippen LogP contribution in [0.5, 0.6) is 0 Å². The van der Waals surface area contributed by atoms with Crippen molar-refractivity contribution in [3.63, 3.8) is 0 Å². The normalized spacial score (nSPS) is 20.1. The van der Waals surface area contributed by atoms with Gasteiger partial charge in [-0.25, -0.2) is 0 Å². The number of aromatic nitrogens is 3. The molecule has 1 fully saturated rings. The molecule has 3 aromatic rings. The minimum Gasteiger partial charge on any atom is -0.455 e. The zero-order chi connectivity index (χ0) is 20.7. The first-order valence-corrected chi connectivity index (χ1v) is 10.6. The van der Waals surface area contributed by atoms with Crippen LogP contribution in [0.15, 0.2) is 35.0 Å². The lowest BCUT2D eigenvalue weighted by Crippen LogP contribution is -2.32. The van der Waals surface area contributed by atoms with Crippen molar-refractivity contribution in [2.75, 3.05) is 13.2 Å². The van der Waals surface area contributed by atoms with Gasteiger partial charge in [0, 0.05) is 43.1 Å². The van der Waals surface area contributed by atoms with E-state index in [0.29, 0.717) is 24.8 Å². The summed E-state index contributed by atoms with van der Waals surface area (Å²) < 4.78 is 13.6. The molecular formula is C23H26N4O3. The van der Waals surface area contributed by atoms with Crippen molar-refractivity contribution in [1.82, 2.24) is 20.1 Å². The predicted octanol–water partition coefficient (Wildman–Crippen LogP) is 3.15. The minimum atomic E-state index is -0.181. The van der Waals surface area contributed by atoms with Crippen LogP contribution in [0.2, 0.25) is 0 Å². The number of rotatable bonds is 5. The molecule has 2 aliphatic rings. The molecule has 1 amide bonds. The van der Waals surface area contributed by atoms with Gasteiger partial charge < -0.3 is 14.5 Å². The summed E-state index contributed by atoms with van der Waals surface area (Å²) in [6, 6.07) is 5.88. The zero-order valence-electron chi connectivity index (χ0n) is 17.4. The summed E-state index contributed by atoms with van der Waals surface area (Å²) in [5.41, 5.74) is 4.88. The number of hydrogen-bond donors (Lipinski definition) is 1. The van der Waals surface area contributed by atoms with E-state index in [0.717, 1.165) is 54.1 Å². The molecule has 0 radical (unpaired) electrons. The second kappa shape index (κ2) is 7.72. The molecule has 1 aliphatic heterocycles. The molecule has 2 unspecified atom stereocenters. The Balaban J connectivity index is 1.36. The standard InChI is InChI=1S/C23H26N4O3/c1-14-9-18(29-13-14)10-25-23(28)22-15(2)20-19(30-22)7-6-16-11-27(26-21(16)20)12-17-5-3-4-8-24-17/h3-5,8,11,14,18H,6-7,9-10,12-13H2,1-2H3,(H,25,28). The number of fused-ring (bicyclic) bond motifs is 3. The summed E-state index contributed by atoms with van der Waals surface area (Å²) in [7, 11) is 0. The van der Waals surface area contributed by atoms with E-state index < -0.39 is 0 Å². The first-order chi connectivity index (χ1) is 14.6. The highest BCUT2D eigenvalue weighted by Crippen LogP contribution is 2.38. The topological polar surface area (TPSA) is 82.2 Å². The van der Waals surface area contributed by atoms with Crippen molar-refractivity contribution >= 4 is 5.91 Å². The number of nitrogens with zero attached hydrogens (tertiary/aromatic N) is 3. The number of pyridine rings is 1. The molecular weight excluding hydrogens is 380 g/mol. The van der Waals surface area contributed by atoms with Crippen molar-refractivity contribution in [1.29, 1.82) is 0 Å². The third-order valence-corrected chi connectivity index (χ3v) is 5.94. The number of carbonyl (C=O) groups is 1. The number of carbonyl (C=O) groups excluding carboxylic acids is 1. The molecule has 0 bridgehead atoms. The Bertz CT molecular complexity index is 1070. The Hall–Kier alpha value is -2.93. The lowest BCUT2D eigenvalue weighted by atomic mass is 9.93. The average Bonchev–Trinajstić information content (AvgIpc) is 3.43. The maximum absolute atomic E-state index is 12.8. The molecule has 2 atom stereocenters. The maximum atomic E-state index is 12.8. The summed E-state index contributed by atoms with van der Waals surface area (Å²) in [5, 5.41) is 7.78. The van der Waals surface area contributed by atoms with Crippen LogP contribution in [-0.4, -0.2) is 39.9 Å².